The molecule has 2 saturated heterocycles. The second-order valence-corrected chi connectivity index (χ2v) is 11.0. The van der Waals surface area contributed by atoms with E-state index >= 15 is 0 Å². The van der Waals surface area contributed by atoms with Crippen molar-refractivity contribution in [1.82, 2.24) is 10.6 Å². The summed E-state index contributed by atoms with van der Waals surface area (Å²) in [5.41, 5.74) is -4.42. The molecule has 0 aliphatic carbocycles. The number of carbonyl (C=O) groups is 1. The highest BCUT2D eigenvalue weighted by atomic mass is 16.7. The van der Waals surface area contributed by atoms with Crippen LogP contribution in [0.3, 0.4) is 0 Å². The predicted molar refractivity (Wildman–Crippen MR) is 162 cm³/mol. The standard InChI is InChI=1S/C32H30N2O12/c1-33-23-14-34-32(43)27(39)28(46-31(23,29(32)40)30(41)42)45-22-13-21-24(26(38)25(22)37)19(36)12-20(44-21)18-10-9-17(35)11-16(18)8-7-15-5-3-2-4-6-15/h2-13,23,27-29,33-35,37-40,43H,14H2,1H3,(H,41,42)/b8-7+/t23-,27+,28-,29-,31+,32-/m1/s1. The third-order valence-electron chi connectivity index (χ3n) is 8.36. The van der Waals surface area contributed by atoms with Crippen LogP contribution in [0.15, 0.2) is 69.9 Å². The summed E-state index contributed by atoms with van der Waals surface area (Å²) in [4.78, 5) is 25.6. The number of carboxylic acids is 1. The zero-order valence-corrected chi connectivity index (χ0v) is 24.1. The molecule has 6 atom stereocenters. The summed E-state index contributed by atoms with van der Waals surface area (Å²) in [6.07, 6.45) is -2.81. The van der Waals surface area contributed by atoms with Gasteiger partial charge in [0.25, 0.3) is 0 Å². The van der Waals surface area contributed by atoms with E-state index in [0.29, 0.717) is 11.1 Å². The van der Waals surface area contributed by atoms with Crippen molar-refractivity contribution >= 4 is 29.1 Å². The fraction of sp³-hybridized carbons (Fsp3) is 0.250. The maximum absolute atomic E-state index is 13.2. The Labute approximate surface area is 260 Å². The Morgan fingerprint density at radius 1 is 1.04 bits per heavy atom. The largest absolute Gasteiger partial charge is 0.508 e. The number of aromatic hydroxyl groups is 3. The molecule has 0 radical (unpaired) electrons. The molecule has 0 spiro atoms. The van der Waals surface area contributed by atoms with Crippen LogP contribution in [-0.4, -0.2) is 91.2 Å². The van der Waals surface area contributed by atoms with Crippen LogP contribution in [0.1, 0.15) is 11.1 Å². The van der Waals surface area contributed by atoms with Crippen LogP contribution in [0.5, 0.6) is 23.0 Å². The molecular weight excluding hydrogens is 604 g/mol. The molecule has 3 aromatic carbocycles. The lowest BCUT2D eigenvalue weighted by molar-refractivity contribution is -0.362. The molecule has 3 heterocycles. The zero-order chi connectivity index (χ0) is 33.0. The van der Waals surface area contributed by atoms with E-state index in [4.69, 9.17) is 13.9 Å². The summed E-state index contributed by atoms with van der Waals surface area (Å²) in [7, 11) is 1.40. The summed E-state index contributed by atoms with van der Waals surface area (Å²) < 4.78 is 17.2. The number of hydrogen-bond acceptors (Lipinski definition) is 13. The third kappa shape index (κ3) is 4.84. The Morgan fingerprint density at radius 2 is 1.78 bits per heavy atom. The molecule has 2 aliphatic heterocycles. The van der Waals surface area contributed by atoms with Crippen molar-refractivity contribution in [3.05, 3.63) is 82.0 Å². The van der Waals surface area contributed by atoms with Crippen LogP contribution in [0, 0.1) is 0 Å². The molecular formula is C32H30N2O12. The Balaban J connectivity index is 1.42. The minimum absolute atomic E-state index is 0.0214. The Kier molecular flexibility index (Phi) is 7.72. The van der Waals surface area contributed by atoms with E-state index in [1.165, 1.54) is 25.2 Å². The Morgan fingerprint density at radius 3 is 2.48 bits per heavy atom. The first kappa shape index (κ1) is 31.0. The minimum Gasteiger partial charge on any atom is -0.508 e. The first-order valence-corrected chi connectivity index (χ1v) is 14.1. The van der Waals surface area contributed by atoms with Gasteiger partial charge in [-0.25, -0.2) is 4.79 Å². The molecule has 14 nitrogen and oxygen atoms in total. The van der Waals surface area contributed by atoms with Crippen molar-refractivity contribution in [2.75, 3.05) is 13.6 Å². The van der Waals surface area contributed by atoms with Crippen molar-refractivity contribution in [2.24, 2.45) is 0 Å². The number of piperidine rings is 1. The number of rotatable bonds is 7. The molecule has 0 unspecified atom stereocenters. The van der Waals surface area contributed by atoms with E-state index in [9.17, 15) is 45.3 Å². The van der Waals surface area contributed by atoms with Gasteiger partial charge < -0.3 is 55.0 Å². The number of nitrogens with one attached hydrogen (secondary N) is 2. The Bertz CT molecular complexity index is 1910. The molecule has 6 rings (SSSR count). The van der Waals surface area contributed by atoms with Gasteiger partial charge in [0, 0.05) is 24.2 Å². The van der Waals surface area contributed by atoms with Gasteiger partial charge in [-0.3, -0.25) is 10.1 Å². The van der Waals surface area contributed by atoms with E-state index in [2.05, 4.69) is 10.6 Å². The molecule has 240 valence electrons. The van der Waals surface area contributed by atoms with E-state index in [1.54, 1.807) is 12.2 Å². The number of fused-ring (bicyclic) bond motifs is 3. The molecule has 9 N–H and O–H groups in total. The SMILES string of the molecule is CN[C@@H]1CN[C@@]2(O)[C@@H](O)[C@H](Oc3cc4oc(-c5ccc(O)cc5/C=C/c5ccccc5)cc(=O)c4c(O)c3O)O[C@]1(C(=O)O)[C@H]2O. The van der Waals surface area contributed by atoms with Gasteiger partial charge in [0.15, 0.2) is 28.8 Å². The number of likely N-dealkylation sites (N-methyl/N-ethyl adjacent to an activating group) is 1. The highest BCUT2D eigenvalue weighted by Crippen LogP contribution is 2.46. The average Bonchev–Trinajstić information content (AvgIpc) is 3.03. The molecule has 0 amide bonds. The highest BCUT2D eigenvalue weighted by molar-refractivity contribution is 5.90. The van der Waals surface area contributed by atoms with E-state index in [0.717, 1.165) is 17.7 Å². The summed E-state index contributed by atoms with van der Waals surface area (Å²) in [6.45, 7) is -0.226. The van der Waals surface area contributed by atoms with Crippen LogP contribution >= 0.6 is 0 Å². The lowest BCUT2D eigenvalue weighted by Gasteiger charge is -2.57. The lowest BCUT2D eigenvalue weighted by Crippen LogP contribution is -2.87. The van der Waals surface area contributed by atoms with E-state index < -0.39 is 69.9 Å². The van der Waals surface area contributed by atoms with E-state index in [1.807, 2.05) is 30.3 Å². The first-order chi connectivity index (χ1) is 21.9. The number of hydrogen-bond donors (Lipinski definition) is 9. The summed E-state index contributed by atoms with van der Waals surface area (Å²) in [5.74, 6) is -4.21. The Hall–Kier alpha value is -4.96. The van der Waals surface area contributed by atoms with Crippen molar-refractivity contribution in [3.63, 3.8) is 0 Å². The van der Waals surface area contributed by atoms with Crippen molar-refractivity contribution in [3.8, 4) is 34.3 Å². The van der Waals surface area contributed by atoms with Gasteiger partial charge >= 0.3 is 5.97 Å². The summed E-state index contributed by atoms with van der Waals surface area (Å²) in [6, 6.07) is 14.7. The zero-order valence-electron chi connectivity index (χ0n) is 24.1. The third-order valence-corrected chi connectivity index (χ3v) is 8.36. The summed E-state index contributed by atoms with van der Waals surface area (Å²) >= 11 is 0. The van der Waals surface area contributed by atoms with Crippen LogP contribution in [0.25, 0.3) is 34.4 Å². The lowest BCUT2D eigenvalue weighted by atomic mass is 9.74. The number of phenols is 3. The smallest absolute Gasteiger partial charge is 0.340 e. The molecule has 46 heavy (non-hydrogen) atoms. The quantitative estimate of drug-likeness (QED) is 0.102. The van der Waals surface area contributed by atoms with E-state index in [-0.39, 0.29) is 23.6 Å². The number of carboxylic acid groups (broad SMARTS) is 1. The van der Waals surface area contributed by atoms with Gasteiger partial charge in [-0.15, -0.1) is 0 Å². The highest BCUT2D eigenvalue weighted by Gasteiger charge is 2.71. The van der Waals surface area contributed by atoms with Crippen molar-refractivity contribution in [1.29, 1.82) is 0 Å². The maximum Gasteiger partial charge on any atom is 0.340 e. The number of ether oxygens (including phenoxy) is 2. The van der Waals surface area contributed by atoms with Crippen LogP contribution < -0.4 is 20.8 Å². The molecule has 2 bridgehead atoms. The number of aliphatic hydroxyl groups excluding tert-OH is 2. The topological polar surface area (TPSA) is 231 Å². The summed E-state index contributed by atoms with van der Waals surface area (Å²) in [5, 5.41) is 79.5. The number of aliphatic carboxylic acids is 1. The van der Waals surface area contributed by atoms with Crippen LogP contribution in [0.4, 0.5) is 0 Å². The molecule has 2 aliphatic rings. The van der Waals surface area contributed by atoms with Gasteiger partial charge in [-0.2, -0.15) is 0 Å². The molecule has 14 heteroatoms. The number of aliphatic hydroxyl groups is 3. The van der Waals surface area contributed by atoms with Gasteiger partial charge in [-0.1, -0.05) is 42.5 Å². The monoisotopic (exact) mass is 634 g/mol. The van der Waals surface area contributed by atoms with Crippen LogP contribution in [0.2, 0.25) is 0 Å². The van der Waals surface area contributed by atoms with Crippen molar-refractivity contribution < 1.29 is 54.4 Å². The fourth-order valence-electron chi connectivity index (χ4n) is 5.91. The van der Waals surface area contributed by atoms with Gasteiger partial charge in [-0.05, 0) is 36.4 Å². The molecule has 2 fully saturated rings. The maximum atomic E-state index is 13.2. The van der Waals surface area contributed by atoms with Crippen LogP contribution in [-0.2, 0) is 9.53 Å². The number of benzene rings is 3. The normalized spacial score (nSPS) is 27.6. The van der Waals surface area contributed by atoms with Gasteiger partial charge in [0.05, 0.1) is 6.04 Å². The fourth-order valence-corrected chi connectivity index (χ4v) is 5.91. The molecule has 1 aromatic heterocycles. The van der Waals surface area contributed by atoms with Gasteiger partial charge in [0.2, 0.25) is 17.6 Å². The molecule has 0 saturated carbocycles. The average molecular weight is 635 g/mol. The predicted octanol–water partition coefficient (Wildman–Crippen LogP) is 0.907. The second kappa shape index (κ2) is 11.4. The van der Waals surface area contributed by atoms with Crippen molar-refractivity contribution in [2.45, 2.75) is 35.9 Å². The molecule has 4 aromatic rings. The first-order valence-electron chi connectivity index (χ1n) is 14.1. The number of phenolic OH excluding ortho intramolecular Hbond substituents is 3. The van der Waals surface area contributed by atoms with Gasteiger partial charge in [0.1, 0.15) is 28.6 Å². The minimum atomic E-state index is -2.62. The second-order valence-electron chi connectivity index (χ2n) is 11.0.